The van der Waals surface area contributed by atoms with Crippen molar-refractivity contribution in [2.75, 3.05) is 19.6 Å². The fourth-order valence-electron chi connectivity index (χ4n) is 0.815. The Hall–Kier alpha value is -1.55. The summed E-state index contributed by atoms with van der Waals surface area (Å²) in [4.78, 5) is 11.2. The third kappa shape index (κ3) is 2.76. The van der Waals surface area contributed by atoms with Gasteiger partial charge in [0.1, 0.15) is 0 Å². The van der Waals surface area contributed by atoms with Crippen molar-refractivity contribution in [3.63, 3.8) is 0 Å². The van der Waals surface area contributed by atoms with Crippen molar-refractivity contribution >= 4 is 11.7 Å². The summed E-state index contributed by atoms with van der Waals surface area (Å²) in [5.74, 6) is -0.415. The van der Waals surface area contributed by atoms with Crippen LogP contribution >= 0.6 is 0 Å². The maximum absolute atomic E-state index is 11.2. The van der Waals surface area contributed by atoms with E-state index in [1.807, 2.05) is 0 Å². The lowest BCUT2D eigenvalue weighted by atomic mass is 10.2. The molecule has 4 nitrogen and oxygen atoms in total. The molecule has 0 aliphatic carbocycles. The first kappa shape index (κ1) is 9.54. The first-order valence-corrected chi connectivity index (χ1v) is 3.75. The summed E-state index contributed by atoms with van der Waals surface area (Å²) < 4.78 is 9.31. The molecule has 1 aromatic rings. The SMILES string of the molecule is COCOC(=O)c1ccc(N)cc1. The Bertz CT molecular complexity index is 281. The average molecular weight is 181 g/mol. The van der Waals surface area contributed by atoms with E-state index in [1.54, 1.807) is 24.3 Å². The third-order valence-corrected chi connectivity index (χ3v) is 1.45. The molecule has 0 aromatic heterocycles. The van der Waals surface area contributed by atoms with Crippen LogP contribution in [0.2, 0.25) is 0 Å². The minimum Gasteiger partial charge on any atom is -0.435 e. The van der Waals surface area contributed by atoms with Crippen LogP contribution in [0.5, 0.6) is 0 Å². The molecule has 13 heavy (non-hydrogen) atoms. The molecule has 0 unspecified atom stereocenters. The number of carbonyl (C=O) groups is 1. The predicted octanol–water partition coefficient (Wildman–Crippen LogP) is 1.03. The molecule has 0 aliphatic rings. The van der Waals surface area contributed by atoms with Crippen LogP contribution in [0.15, 0.2) is 24.3 Å². The smallest absolute Gasteiger partial charge is 0.340 e. The summed E-state index contributed by atoms with van der Waals surface area (Å²) in [6.45, 7) is -0.0385. The molecule has 0 saturated heterocycles. The predicted molar refractivity (Wildman–Crippen MR) is 48.1 cm³/mol. The number of benzene rings is 1. The van der Waals surface area contributed by atoms with E-state index in [4.69, 9.17) is 10.5 Å². The lowest BCUT2D eigenvalue weighted by Gasteiger charge is -2.02. The van der Waals surface area contributed by atoms with E-state index in [9.17, 15) is 4.79 Å². The fraction of sp³-hybridized carbons (Fsp3) is 0.222. The molecular weight excluding hydrogens is 170 g/mol. The number of nitrogens with two attached hydrogens (primary N) is 1. The van der Waals surface area contributed by atoms with E-state index >= 15 is 0 Å². The molecule has 0 atom stereocenters. The van der Waals surface area contributed by atoms with Gasteiger partial charge in [0.05, 0.1) is 5.56 Å². The van der Waals surface area contributed by atoms with E-state index in [2.05, 4.69) is 4.74 Å². The van der Waals surface area contributed by atoms with Crippen LogP contribution in [-0.2, 0) is 9.47 Å². The van der Waals surface area contributed by atoms with E-state index < -0.39 is 5.97 Å². The third-order valence-electron chi connectivity index (χ3n) is 1.45. The van der Waals surface area contributed by atoms with Gasteiger partial charge in [-0.25, -0.2) is 4.79 Å². The van der Waals surface area contributed by atoms with Crippen LogP contribution in [-0.4, -0.2) is 19.9 Å². The van der Waals surface area contributed by atoms with Crippen molar-refractivity contribution in [1.82, 2.24) is 0 Å². The summed E-state index contributed by atoms with van der Waals surface area (Å²) in [7, 11) is 1.45. The van der Waals surface area contributed by atoms with Gasteiger partial charge in [0.2, 0.25) is 0 Å². The van der Waals surface area contributed by atoms with Gasteiger partial charge in [0.15, 0.2) is 6.79 Å². The summed E-state index contributed by atoms with van der Waals surface area (Å²) in [5, 5.41) is 0. The molecule has 1 aromatic carbocycles. The number of hydrogen-bond donors (Lipinski definition) is 1. The molecular formula is C9H11NO3. The summed E-state index contributed by atoms with van der Waals surface area (Å²) in [6, 6.07) is 6.49. The lowest BCUT2D eigenvalue weighted by Crippen LogP contribution is -2.07. The highest BCUT2D eigenvalue weighted by atomic mass is 16.7. The number of methoxy groups -OCH3 is 1. The summed E-state index contributed by atoms with van der Waals surface area (Å²) >= 11 is 0. The molecule has 0 heterocycles. The quantitative estimate of drug-likeness (QED) is 0.429. The number of nitrogen functional groups attached to an aromatic ring is 1. The second kappa shape index (κ2) is 4.47. The fourth-order valence-corrected chi connectivity index (χ4v) is 0.815. The summed E-state index contributed by atoms with van der Waals surface area (Å²) in [6.07, 6.45) is 0. The monoisotopic (exact) mass is 181 g/mol. The van der Waals surface area contributed by atoms with Gasteiger partial charge in [-0.05, 0) is 24.3 Å². The lowest BCUT2D eigenvalue weighted by molar-refractivity contribution is -0.0124. The van der Waals surface area contributed by atoms with Gasteiger partial charge in [-0.1, -0.05) is 0 Å². The zero-order chi connectivity index (χ0) is 9.68. The van der Waals surface area contributed by atoms with Crippen LogP contribution in [0, 0.1) is 0 Å². The van der Waals surface area contributed by atoms with E-state index in [-0.39, 0.29) is 6.79 Å². The van der Waals surface area contributed by atoms with Crippen molar-refractivity contribution in [2.45, 2.75) is 0 Å². The van der Waals surface area contributed by atoms with Gasteiger partial charge in [-0.15, -0.1) is 0 Å². The van der Waals surface area contributed by atoms with Crippen LogP contribution in [0.25, 0.3) is 0 Å². The molecule has 0 saturated carbocycles. The van der Waals surface area contributed by atoms with E-state index in [1.165, 1.54) is 7.11 Å². The second-order valence-electron chi connectivity index (χ2n) is 2.46. The standard InChI is InChI=1S/C9H11NO3/c1-12-6-13-9(11)7-2-4-8(10)5-3-7/h2-5H,6,10H2,1H3. The van der Waals surface area contributed by atoms with Crippen molar-refractivity contribution in [3.8, 4) is 0 Å². The minimum absolute atomic E-state index is 0.0385. The maximum Gasteiger partial charge on any atom is 0.340 e. The van der Waals surface area contributed by atoms with Crippen molar-refractivity contribution in [1.29, 1.82) is 0 Å². The van der Waals surface area contributed by atoms with Crippen LogP contribution < -0.4 is 5.73 Å². The molecule has 0 radical (unpaired) electrons. The first-order chi connectivity index (χ1) is 6.24. The molecule has 0 spiro atoms. The Kier molecular flexibility index (Phi) is 3.28. The largest absolute Gasteiger partial charge is 0.435 e. The number of hydrogen-bond acceptors (Lipinski definition) is 4. The Morgan fingerprint density at radius 1 is 1.38 bits per heavy atom. The molecule has 0 amide bonds. The zero-order valence-electron chi connectivity index (χ0n) is 7.32. The van der Waals surface area contributed by atoms with Gasteiger partial charge < -0.3 is 15.2 Å². The van der Waals surface area contributed by atoms with Gasteiger partial charge in [0.25, 0.3) is 0 Å². The molecule has 0 bridgehead atoms. The summed E-state index contributed by atoms with van der Waals surface area (Å²) in [5.41, 5.74) is 6.53. The van der Waals surface area contributed by atoms with E-state index in [0.717, 1.165) is 0 Å². The Morgan fingerprint density at radius 2 is 2.00 bits per heavy atom. The molecule has 70 valence electrons. The van der Waals surface area contributed by atoms with Crippen molar-refractivity contribution in [2.24, 2.45) is 0 Å². The van der Waals surface area contributed by atoms with Gasteiger partial charge in [-0.2, -0.15) is 0 Å². The molecule has 0 fully saturated rings. The molecule has 4 heteroatoms. The van der Waals surface area contributed by atoms with Crippen molar-refractivity contribution < 1.29 is 14.3 Å². The van der Waals surface area contributed by atoms with E-state index in [0.29, 0.717) is 11.3 Å². The topological polar surface area (TPSA) is 61.5 Å². The average Bonchev–Trinajstić information content (AvgIpc) is 2.15. The first-order valence-electron chi connectivity index (χ1n) is 3.75. The van der Waals surface area contributed by atoms with Gasteiger partial charge >= 0.3 is 5.97 Å². The Labute approximate surface area is 76.3 Å². The highest BCUT2D eigenvalue weighted by Crippen LogP contribution is 2.06. The number of anilines is 1. The van der Waals surface area contributed by atoms with Crippen molar-refractivity contribution in [3.05, 3.63) is 29.8 Å². The number of esters is 1. The van der Waals surface area contributed by atoms with Crippen LogP contribution in [0.1, 0.15) is 10.4 Å². The molecule has 1 rings (SSSR count). The molecule has 2 N–H and O–H groups in total. The highest BCUT2D eigenvalue weighted by molar-refractivity contribution is 5.89. The van der Waals surface area contributed by atoms with Gasteiger partial charge in [0, 0.05) is 12.8 Å². The van der Waals surface area contributed by atoms with Crippen LogP contribution in [0.4, 0.5) is 5.69 Å². The Balaban J connectivity index is 2.61. The Morgan fingerprint density at radius 3 is 2.54 bits per heavy atom. The second-order valence-corrected chi connectivity index (χ2v) is 2.46. The van der Waals surface area contributed by atoms with Crippen LogP contribution in [0.3, 0.4) is 0 Å². The number of carbonyl (C=O) groups excluding carboxylic acids is 1. The minimum atomic E-state index is -0.415. The number of ether oxygens (including phenoxy) is 2. The van der Waals surface area contributed by atoms with Gasteiger partial charge in [-0.3, -0.25) is 0 Å². The maximum atomic E-state index is 11.2. The highest BCUT2D eigenvalue weighted by Gasteiger charge is 2.04. The number of rotatable bonds is 3. The normalized spacial score (nSPS) is 9.62. The zero-order valence-corrected chi connectivity index (χ0v) is 7.32. The molecule has 0 aliphatic heterocycles.